The molecule has 4 rings (SSSR count). The summed E-state index contributed by atoms with van der Waals surface area (Å²) >= 11 is 12.9. The summed E-state index contributed by atoms with van der Waals surface area (Å²) in [6.07, 6.45) is 4.67. The summed E-state index contributed by atoms with van der Waals surface area (Å²) in [5.41, 5.74) is 1.57. The van der Waals surface area contributed by atoms with E-state index >= 15 is 0 Å². The number of carbonyl (C=O) groups excluding carboxylic acids is 3. The normalized spacial score (nSPS) is 17.7. The van der Waals surface area contributed by atoms with Crippen molar-refractivity contribution in [1.82, 2.24) is 9.80 Å². The third kappa shape index (κ3) is 5.91. The monoisotopic (exact) mass is 504 g/mol. The Kier molecular flexibility index (Phi) is 7.63. The largest absolute Gasteiger partial charge is 0.489 e. The van der Waals surface area contributed by atoms with Crippen LogP contribution in [0.2, 0.25) is 10.0 Å². The van der Waals surface area contributed by atoms with E-state index in [9.17, 15) is 14.4 Å². The van der Waals surface area contributed by atoms with E-state index in [2.05, 4.69) is 0 Å². The molecule has 0 radical (unpaired) electrons. The number of ether oxygens (including phenoxy) is 1. The third-order valence-electron chi connectivity index (χ3n) is 5.46. The molecule has 0 atom stereocenters. The van der Waals surface area contributed by atoms with E-state index in [1.165, 1.54) is 0 Å². The lowest BCUT2D eigenvalue weighted by atomic mass is 10.1. The molecule has 172 valence electrons. The number of imide groups is 1. The number of rotatable bonds is 6. The van der Waals surface area contributed by atoms with E-state index in [4.69, 9.17) is 27.9 Å². The average molecular weight is 505 g/mol. The molecule has 0 aliphatic carbocycles. The first-order valence-corrected chi connectivity index (χ1v) is 12.2. The first-order chi connectivity index (χ1) is 15.9. The fourth-order valence-electron chi connectivity index (χ4n) is 3.63. The minimum absolute atomic E-state index is 0.180. The van der Waals surface area contributed by atoms with Gasteiger partial charge in [0.1, 0.15) is 18.9 Å². The van der Waals surface area contributed by atoms with Crippen LogP contribution >= 0.6 is 35.0 Å². The van der Waals surface area contributed by atoms with Gasteiger partial charge in [0, 0.05) is 28.7 Å². The molecule has 0 aromatic heterocycles. The molecule has 2 heterocycles. The molecule has 0 spiro atoms. The van der Waals surface area contributed by atoms with Crippen LogP contribution < -0.4 is 4.74 Å². The molecule has 2 aliphatic rings. The van der Waals surface area contributed by atoms with Crippen molar-refractivity contribution in [2.45, 2.75) is 25.9 Å². The van der Waals surface area contributed by atoms with Gasteiger partial charge >= 0.3 is 0 Å². The zero-order valence-electron chi connectivity index (χ0n) is 17.8. The molecule has 2 aromatic carbocycles. The molecule has 2 saturated heterocycles. The van der Waals surface area contributed by atoms with Crippen LogP contribution in [-0.2, 0) is 16.2 Å². The average Bonchev–Trinajstić information content (AvgIpc) is 3.07. The number of carbonyl (C=O) groups is 3. The number of halogens is 2. The second-order valence-electron chi connectivity index (χ2n) is 7.80. The summed E-state index contributed by atoms with van der Waals surface area (Å²) in [6.45, 7) is 1.45. The summed E-state index contributed by atoms with van der Waals surface area (Å²) in [4.78, 5) is 40.6. The maximum absolute atomic E-state index is 12.7. The van der Waals surface area contributed by atoms with Gasteiger partial charge in [0.2, 0.25) is 5.91 Å². The van der Waals surface area contributed by atoms with Crippen LogP contribution in [0.5, 0.6) is 5.75 Å². The van der Waals surface area contributed by atoms with Crippen molar-refractivity contribution >= 4 is 58.1 Å². The fraction of sp³-hybridized carbons (Fsp3) is 0.292. The highest BCUT2D eigenvalue weighted by molar-refractivity contribution is 8.18. The quantitative estimate of drug-likeness (QED) is 0.477. The van der Waals surface area contributed by atoms with E-state index in [-0.39, 0.29) is 12.5 Å². The minimum Gasteiger partial charge on any atom is -0.489 e. The van der Waals surface area contributed by atoms with Gasteiger partial charge in [0.15, 0.2) is 0 Å². The molecule has 2 aliphatic heterocycles. The van der Waals surface area contributed by atoms with Crippen LogP contribution in [0.15, 0.2) is 47.4 Å². The van der Waals surface area contributed by atoms with Crippen LogP contribution in [0.4, 0.5) is 4.79 Å². The van der Waals surface area contributed by atoms with E-state index in [1.807, 2.05) is 6.07 Å². The SMILES string of the molecule is O=C(CN1C(=O)S/C(=C/c2ccc(OCc3ccc(Cl)cc3Cl)cc2)C1=O)N1CCCCC1. The van der Waals surface area contributed by atoms with E-state index in [0.717, 1.165) is 47.1 Å². The molecule has 0 saturated carbocycles. The van der Waals surface area contributed by atoms with Crippen molar-refractivity contribution < 1.29 is 19.1 Å². The highest BCUT2D eigenvalue weighted by Gasteiger charge is 2.37. The first kappa shape index (κ1) is 23.7. The Hall–Kier alpha value is -2.48. The molecule has 6 nitrogen and oxygen atoms in total. The molecule has 2 aromatic rings. The molecule has 0 unspecified atom stereocenters. The second-order valence-corrected chi connectivity index (χ2v) is 9.64. The van der Waals surface area contributed by atoms with Crippen molar-refractivity contribution in [3.8, 4) is 5.75 Å². The number of nitrogens with zero attached hydrogens (tertiary/aromatic N) is 2. The smallest absolute Gasteiger partial charge is 0.294 e. The summed E-state index contributed by atoms with van der Waals surface area (Å²) in [5, 5.41) is 0.679. The molecule has 9 heteroatoms. The van der Waals surface area contributed by atoms with Crippen molar-refractivity contribution in [3.63, 3.8) is 0 Å². The van der Waals surface area contributed by atoms with Gasteiger partial charge in [-0.25, -0.2) is 0 Å². The van der Waals surface area contributed by atoms with Crippen LogP contribution in [0.3, 0.4) is 0 Å². The fourth-order valence-corrected chi connectivity index (χ4v) is 4.93. The van der Waals surface area contributed by atoms with Crippen LogP contribution in [0, 0.1) is 0 Å². The van der Waals surface area contributed by atoms with Gasteiger partial charge in [0.25, 0.3) is 11.1 Å². The van der Waals surface area contributed by atoms with Gasteiger partial charge in [-0.15, -0.1) is 0 Å². The molecule has 2 fully saturated rings. The van der Waals surface area contributed by atoms with Crippen LogP contribution in [-0.4, -0.2) is 46.5 Å². The highest BCUT2D eigenvalue weighted by Crippen LogP contribution is 2.32. The molecular formula is C24H22Cl2N2O4S. The predicted molar refractivity (Wildman–Crippen MR) is 130 cm³/mol. The van der Waals surface area contributed by atoms with Gasteiger partial charge in [-0.2, -0.15) is 0 Å². The number of piperidine rings is 1. The maximum Gasteiger partial charge on any atom is 0.294 e. The Balaban J connectivity index is 1.36. The Bertz CT molecular complexity index is 1100. The lowest BCUT2D eigenvalue weighted by Crippen LogP contribution is -2.44. The summed E-state index contributed by atoms with van der Waals surface area (Å²) in [7, 11) is 0. The van der Waals surface area contributed by atoms with Gasteiger partial charge in [-0.1, -0.05) is 41.4 Å². The van der Waals surface area contributed by atoms with Gasteiger partial charge < -0.3 is 9.64 Å². The molecule has 33 heavy (non-hydrogen) atoms. The summed E-state index contributed by atoms with van der Waals surface area (Å²) < 4.78 is 5.77. The molecular weight excluding hydrogens is 483 g/mol. The molecule has 3 amide bonds. The topological polar surface area (TPSA) is 66.9 Å². The number of hydrogen-bond donors (Lipinski definition) is 0. The zero-order chi connectivity index (χ0) is 23.4. The van der Waals surface area contributed by atoms with Gasteiger partial charge in [-0.05, 0) is 66.9 Å². The highest BCUT2D eigenvalue weighted by atomic mass is 35.5. The van der Waals surface area contributed by atoms with Gasteiger partial charge in [-0.3, -0.25) is 19.3 Å². The Labute approximate surface area is 206 Å². The maximum atomic E-state index is 12.7. The van der Waals surface area contributed by atoms with Gasteiger partial charge in [0.05, 0.1) is 4.91 Å². The standard InChI is InChI=1S/C24H22Cl2N2O4S/c25-18-7-6-17(20(26)13-18)15-32-19-8-4-16(5-9-19)12-21-23(30)28(24(31)33-21)14-22(29)27-10-2-1-3-11-27/h4-9,12-13H,1-3,10-11,14-15H2/b21-12+. The Morgan fingerprint density at radius 1 is 1.03 bits per heavy atom. The first-order valence-electron chi connectivity index (χ1n) is 10.6. The summed E-state index contributed by atoms with van der Waals surface area (Å²) in [6, 6.07) is 12.4. The van der Waals surface area contributed by atoms with Crippen molar-refractivity contribution in [3.05, 3.63) is 68.5 Å². The Morgan fingerprint density at radius 2 is 1.76 bits per heavy atom. The van der Waals surface area contributed by atoms with Crippen LogP contribution in [0.25, 0.3) is 6.08 Å². The van der Waals surface area contributed by atoms with Crippen molar-refractivity contribution in [2.75, 3.05) is 19.6 Å². The van der Waals surface area contributed by atoms with Crippen LogP contribution in [0.1, 0.15) is 30.4 Å². The number of hydrogen-bond acceptors (Lipinski definition) is 5. The van der Waals surface area contributed by atoms with Crippen molar-refractivity contribution in [1.29, 1.82) is 0 Å². The van der Waals surface area contributed by atoms with E-state index in [0.29, 0.717) is 40.4 Å². The third-order valence-corrected chi connectivity index (χ3v) is 6.96. The zero-order valence-corrected chi connectivity index (χ0v) is 20.1. The molecule has 0 bridgehead atoms. The number of thioether (sulfide) groups is 1. The lowest BCUT2D eigenvalue weighted by molar-refractivity contribution is -0.136. The lowest BCUT2D eigenvalue weighted by Gasteiger charge is -2.27. The minimum atomic E-state index is -0.437. The van der Waals surface area contributed by atoms with Crippen molar-refractivity contribution in [2.24, 2.45) is 0 Å². The molecule has 0 N–H and O–H groups in total. The van der Waals surface area contributed by atoms with E-state index in [1.54, 1.807) is 47.4 Å². The number of amides is 3. The van der Waals surface area contributed by atoms with E-state index < -0.39 is 11.1 Å². The predicted octanol–water partition coefficient (Wildman–Crippen LogP) is 5.62. The number of benzene rings is 2. The summed E-state index contributed by atoms with van der Waals surface area (Å²) in [5.74, 6) is 0.0204. The Morgan fingerprint density at radius 3 is 2.45 bits per heavy atom. The number of likely N-dealkylation sites (tertiary alicyclic amines) is 1. The second kappa shape index (κ2) is 10.6.